The zero-order valence-electron chi connectivity index (χ0n) is 77.1. The molecule has 46 nitrogen and oxygen atoms in total. The van der Waals surface area contributed by atoms with E-state index in [2.05, 4.69) is 214 Å². The molecule has 66 heteroatoms. The van der Waals surface area contributed by atoms with E-state index in [9.17, 15) is 63.8 Å². The number of hydrogen-bond acceptors (Lipinski definition) is 40. The number of carbonyl (C=O) groups excluding carboxylic acids is 4. The van der Waals surface area contributed by atoms with Gasteiger partial charge in [-0.15, -0.1) is 55.3 Å². The average molecular weight is 2900 g/mol. The number of aliphatic hydroxyl groups is 3. The number of pyridine rings is 2. The van der Waals surface area contributed by atoms with Crippen molar-refractivity contribution in [2.45, 2.75) is 118 Å². The fourth-order valence-electron chi connectivity index (χ4n) is 7.11. The standard InChI is InChI=1S/C10H13N5O5.C10H13NO2.C8H9ClN4O4S.C8H11N5O5S.C8H11N5O4S.C6H7NO2.C6H15N.C4H7Br.C4H8O.C3H6O.CH2Cl2.2CH4.ClH.I5.5K.2V.H/c1-3-5-20-9-12-7(11)6(15(17)18)8(13-9)14-10(16)19-4-2;1-2-3-7-13-10-5-4-6-11-9(10)8-12;1-3-17-8(14)12-6-4(13(15)16)5(9)10-7(11-6)18-2;1-3-18-8(14)12-6-4(13(15)16)5(9)10-7(11-6)19(2)17;1-3-17-8(14)12-6-4(13(15)16)5(9)10-7(11-6)18-2;8-4-5-6(9)2-1-3-7-5;1-4-7(5-2)6-3;1-2-3-4-5;1-2-4-5-3-1;1-2-3-4;2-1-3;;;;1-4-5(2)3;;;;;;;;/h3H,1,4-5H2,2H3,(H3,11,12,13,14,16);2,4-6,12H,1,3,7-8H2;3H2,1-2H3,(H,10,11,12,14);3H2,1-2H3,(H3,9,10,11,12,14);3H2,1-2H3,(H3,9,10,11,12,14);1-3,8-9H,4H2;4-6H2,1-3H3;2H,1,3-4H2;1-4H2;2,4H,1,3H2;1H2;2*1H4;1H;;;;;;;;;/q;;;;;;;;;;;;;;-1;;;;;+1;;;-1. The zero-order chi connectivity index (χ0) is 101. The van der Waals surface area contributed by atoms with Crippen LogP contribution in [-0.4, -0.2) is 358 Å². The molecule has 1 fully saturated rings. The van der Waals surface area contributed by atoms with Crippen molar-refractivity contribution in [1.82, 2.24) is 54.7 Å². The Morgan fingerprint density at radius 3 is 1.27 bits per heavy atom. The summed E-state index contributed by atoms with van der Waals surface area (Å²) >= 11 is 34.1. The molecule has 1 aliphatic rings. The minimum absolute atomic E-state index is 0. The van der Waals surface area contributed by atoms with E-state index in [1.165, 1.54) is 189 Å². The van der Waals surface area contributed by atoms with Crippen LogP contribution in [0.15, 0.2) is 103 Å². The first-order valence-corrected chi connectivity index (χ1v) is 101. The molecular weight excluding hydrogens is 2780 g/mol. The van der Waals surface area contributed by atoms with Gasteiger partial charge in [-0.2, -0.15) is 34.9 Å². The summed E-state index contributed by atoms with van der Waals surface area (Å²) in [6, 6.07) is 6.44. The van der Waals surface area contributed by atoms with E-state index in [-0.39, 0.29) is 233 Å². The van der Waals surface area contributed by atoms with Crippen LogP contribution in [0.4, 0.5) is 82.7 Å². The number of aromatic nitrogens is 10. The Labute approximate surface area is 1030 Å². The predicted octanol–water partition coefficient (Wildman–Crippen LogP) is 10.3. The van der Waals surface area contributed by atoms with Crippen molar-refractivity contribution in [2.24, 2.45) is 0 Å². The van der Waals surface area contributed by atoms with Crippen LogP contribution in [-0.2, 0) is 84.8 Å². The van der Waals surface area contributed by atoms with Gasteiger partial charge in [0.05, 0.1) is 88.7 Å². The molecule has 7 rings (SSSR count). The third kappa shape index (κ3) is 87.1. The summed E-state index contributed by atoms with van der Waals surface area (Å²) < 4.78 is 45.0. The molecule has 1 unspecified atom stereocenters. The normalized spacial score (nSPS) is 9.79. The Morgan fingerprint density at radius 2 is 0.985 bits per heavy atom. The van der Waals surface area contributed by atoms with Gasteiger partial charge in [0.1, 0.15) is 29.5 Å². The van der Waals surface area contributed by atoms with Gasteiger partial charge >= 0.3 is 308 Å². The summed E-state index contributed by atoms with van der Waals surface area (Å²) in [5, 5.41) is 87.0. The Morgan fingerprint density at radius 1 is 0.632 bits per heavy atom. The Kier molecular flexibility index (Phi) is 140. The van der Waals surface area contributed by atoms with Gasteiger partial charge in [-0.3, -0.25) is 75.9 Å². The largest absolute Gasteiger partial charge is 0 e. The van der Waals surface area contributed by atoms with Gasteiger partial charge in [0.2, 0.25) is 51.0 Å². The summed E-state index contributed by atoms with van der Waals surface area (Å²) in [4.78, 5) is 125. The third-order valence-corrected chi connectivity index (χ3v) is 97.5. The summed E-state index contributed by atoms with van der Waals surface area (Å²) in [6.07, 6.45) is 15.2. The van der Waals surface area contributed by atoms with Gasteiger partial charge in [0.25, 0.3) is 0 Å². The molecule has 136 heavy (non-hydrogen) atoms. The summed E-state index contributed by atoms with van der Waals surface area (Å²) in [6.45, 7) is 33.1. The number of allylic oxidation sites excluding steroid dienone is 1. The number of hydrogen-bond donors (Lipinski definition) is 11. The second-order valence-corrected chi connectivity index (χ2v) is 90.5. The number of thioether (sulfide) groups is 2. The number of halogens is 10. The molecule has 1 atom stereocenters. The molecule has 0 bridgehead atoms. The number of nitrogen functional groups attached to an aromatic ring is 3. The molecule has 0 aromatic carbocycles. The summed E-state index contributed by atoms with van der Waals surface area (Å²) in [7, 11) is -1.85. The fourth-order valence-corrected chi connectivity index (χ4v) is 8.91. The molecule has 750 valence electrons. The monoisotopic (exact) mass is 2890 g/mol. The van der Waals surface area contributed by atoms with Crippen molar-refractivity contribution in [1.29, 1.82) is 0 Å². The number of rotatable bonds is 31. The zero-order valence-corrected chi connectivity index (χ0v) is 112. The van der Waals surface area contributed by atoms with Crippen LogP contribution in [0.2, 0.25) is 5.15 Å². The first kappa shape index (κ1) is 166. The molecule has 1 saturated heterocycles. The van der Waals surface area contributed by atoms with Gasteiger partial charge in [-0.1, -0.05) is 118 Å². The summed E-state index contributed by atoms with van der Waals surface area (Å²) in [5.74, 6) is -1.98. The number of amides is 4. The van der Waals surface area contributed by atoms with Crippen LogP contribution in [0.25, 0.3) is 0 Å². The molecule has 6 aromatic heterocycles. The number of aliphatic hydroxyl groups excluding tert-OH is 3. The van der Waals surface area contributed by atoms with Crippen molar-refractivity contribution in [3.8, 4) is 17.5 Å². The van der Waals surface area contributed by atoms with Gasteiger partial charge in [-0.25, -0.2) is 24.2 Å². The molecule has 0 spiro atoms. The van der Waals surface area contributed by atoms with Crippen LogP contribution in [0.1, 0.15) is 102 Å². The molecule has 1 aliphatic heterocycles. The first-order chi connectivity index (χ1) is 61.9. The van der Waals surface area contributed by atoms with Crippen molar-refractivity contribution >= 4 is 375 Å². The van der Waals surface area contributed by atoms with E-state index < -0.39 is 101 Å². The molecule has 4 amide bonds. The SMILES string of the molecule is C.C.C1CCOC1.C=CCCBr.C=CCCOc1cccnc1CO.C=CCO.C=CCOc1nc(N)c([N+](=O)[O-])c(NC(=O)OCC)n1.CCN(CC)CC.CCOC(=O)Nc1nc(S(C)=O)nc(N)c1[N+](=O)[O-].CCOC(=O)Nc1nc(SC)nc(Cl)c1[N+](=O)[O-].CCOC(=O)Nc1nc(SC)nc(N)c1[N+](=O)[O-].Cl.ClCCl.I[I-]I(I)I.OCc1ncccc1O.[H-].[K+].[K][K].[K][K].[V].[V]. The van der Waals surface area contributed by atoms with Crippen LogP contribution < -0.4 is 113 Å². The van der Waals surface area contributed by atoms with Gasteiger partial charge in [0.15, 0.2) is 10.3 Å². The van der Waals surface area contributed by atoms with E-state index in [0.717, 1.165) is 54.9 Å². The minimum Gasteiger partial charge on any atom is 0 e. The van der Waals surface area contributed by atoms with Crippen LogP contribution in [0, 0.1) is 40.5 Å². The van der Waals surface area contributed by atoms with E-state index in [4.69, 9.17) is 86.6 Å². The van der Waals surface area contributed by atoms with Gasteiger partial charge in [0, 0.05) is 74.3 Å². The number of alkyl halides is 3. The molecule has 0 saturated carbocycles. The number of nitrogens with one attached hydrogen (secondary N) is 4. The predicted molar refractivity (Wildman–Crippen MR) is 566 cm³/mol. The van der Waals surface area contributed by atoms with Gasteiger partial charge in [-0.05, 0) is 110 Å². The molecule has 2 radical (unpaired) electrons. The topological polar surface area (TPSA) is 662 Å². The number of ether oxygens (including phenoxy) is 7. The van der Waals surface area contributed by atoms with Crippen molar-refractivity contribution in [3.63, 3.8) is 0 Å². The second kappa shape index (κ2) is 114. The maximum atomic E-state index is 11.3. The van der Waals surface area contributed by atoms with Crippen molar-refractivity contribution < 1.29 is 200 Å². The summed E-state index contributed by atoms with van der Waals surface area (Å²) in [5.41, 5.74) is 14.8. The Balaban J connectivity index is -0.000000103. The quantitative estimate of drug-likeness (QED) is 0.00165. The number of nitrogens with two attached hydrogens (primary N) is 3. The maximum Gasteiger partial charge on any atom is 0 e. The fraction of sp³-hybridized carbons (Fsp3) is 0.457. The number of nitrogens with zero attached hydrogens (tertiary/aromatic N) is 15. The average Bonchev–Trinajstić information content (AvgIpc) is 0.983. The smallest absolute Gasteiger partial charge is 0 e. The van der Waals surface area contributed by atoms with Crippen molar-refractivity contribution in [2.75, 3.05) is 147 Å². The van der Waals surface area contributed by atoms with Crippen LogP contribution >= 0.6 is 150 Å². The molecule has 7 heterocycles. The Bertz CT molecular complexity index is 4210. The minimum atomic E-state index is -1.61. The van der Waals surface area contributed by atoms with Gasteiger partial charge < -0.3 is 77.1 Å². The van der Waals surface area contributed by atoms with Crippen molar-refractivity contribution in [3.05, 3.63) is 144 Å². The molecule has 6 aromatic rings. The maximum absolute atomic E-state index is 11.3. The van der Waals surface area contributed by atoms with E-state index in [1.54, 1.807) is 70.7 Å². The molecular formula is C70H112BrCl4I5K5N22O24S3V2-. The number of carbonyl (C=O) groups is 4. The first-order valence-electron chi connectivity index (χ1n) is 37.6. The van der Waals surface area contributed by atoms with E-state index in [0.29, 0.717) is 37.0 Å². The third-order valence-electron chi connectivity index (χ3n) is 12.4. The second-order valence-electron chi connectivity index (χ2n) is 20.8. The molecule has 0 aliphatic carbocycles. The van der Waals surface area contributed by atoms with E-state index >= 15 is 0 Å². The van der Waals surface area contributed by atoms with Crippen LogP contribution in [0.5, 0.6) is 17.5 Å². The Hall–Kier alpha value is 2.35. The van der Waals surface area contributed by atoms with E-state index in [1.807, 2.05) is 6.08 Å². The number of nitro groups is 4. The number of aromatic hydroxyl groups is 1. The molecule has 14 N–H and O–H groups in total. The van der Waals surface area contributed by atoms with Crippen LogP contribution in [0.3, 0.4) is 0 Å². The number of anilines is 7.